The molecule has 1 aliphatic heterocycles. The Bertz CT molecular complexity index is 1080. The van der Waals surface area contributed by atoms with Crippen LogP contribution in [-0.4, -0.2) is 44.2 Å². The van der Waals surface area contributed by atoms with Crippen molar-refractivity contribution in [3.05, 3.63) is 95.1 Å². The molecule has 1 atom stereocenters. The number of benzene rings is 3. The van der Waals surface area contributed by atoms with Crippen LogP contribution in [0.2, 0.25) is 0 Å². The van der Waals surface area contributed by atoms with Gasteiger partial charge in [-0.15, -0.1) is 0 Å². The Morgan fingerprint density at radius 1 is 1.00 bits per heavy atom. The van der Waals surface area contributed by atoms with Crippen molar-refractivity contribution in [3.8, 4) is 0 Å². The molecule has 0 bridgehead atoms. The van der Waals surface area contributed by atoms with Gasteiger partial charge in [0, 0.05) is 31.0 Å². The van der Waals surface area contributed by atoms with Crippen LogP contribution in [0, 0.1) is 13.8 Å². The minimum absolute atomic E-state index is 0.0266. The van der Waals surface area contributed by atoms with Gasteiger partial charge in [0.25, 0.3) is 0 Å². The van der Waals surface area contributed by atoms with Crippen LogP contribution in [0.1, 0.15) is 28.3 Å². The molecule has 3 aromatic rings. The van der Waals surface area contributed by atoms with E-state index in [9.17, 15) is 4.79 Å². The molecule has 0 spiro atoms. The van der Waals surface area contributed by atoms with Crippen molar-refractivity contribution in [3.63, 3.8) is 0 Å². The highest BCUT2D eigenvalue weighted by Gasteiger charge is 2.27. The summed E-state index contributed by atoms with van der Waals surface area (Å²) >= 11 is 0. The maximum absolute atomic E-state index is 13.6. The summed E-state index contributed by atoms with van der Waals surface area (Å²) in [5.74, 6) is -0.0266. The number of rotatable bonds is 7. The van der Waals surface area contributed by atoms with Crippen molar-refractivity contribution < 1.29 is 9.53 Å². The van der Waals surface area contributed by atoms with E-state index in [-0.39, 0.29) is 5.91 Å². The number of anilines is 2. The van der Waals surface area contributed by atoms with E-state index in [2.05, 4.69) is 45.4 Å². The smallest absolute Gasteiger partial charge is 0.246 e. The predicted molar refractivity (Wildman–Crippen MR) is 135 cm³/mol. The van der Waals surface area contributed by atoms with Gasteiger partial charge in [-0.3, -0.25) is 9.69 Å². The summed E-state index contributed by atoms with van der Waals surface area (Å²) in [6, 6.07) is 24.2. The molecule has 1 amide bonds. The van der Waals surface area contributed by atoms with E-state index < -0.39 is 6.04 Å². The third-order valence-electron chi connectivity index (χ3n) is 6.22. The van der Waals surface area contributed by atoms with E-state index in [0.717, 1.165) is 48.7 Å². The molecule has 1 heterocycles. The summed E-state index contributed by atoms with van der Waals surface area (Å²) in [6.07, 6.45) is 0. The average Bonchev–Trinajstić information content (AvgIpc) is 2.83. The zero-order chi connectivity index (χ0) is 23.2. The molecule has 3 aromatic carbocycles. The fraction of sp³-hybridized carbons (Fsp3) is 0.321. The van der Waals surface area contributed by atoms with Gasteiger partial charge >= 0.3 is 0 Å². The lowest BCUT2D eigenvalue weighted by molar-refractivity contribution is -0.121. The van der Waals surface area contributed by atoms with E-state index >= 15 is 0 Å². The molecule has 0 aliphatic carbocycles. The van der Waals surface area contributed by atoms with Crippen LogP contribution in [0.4, 0.5) is 11.4 Å². The summed E-state index contributed by atoms with van der Waals surface area (Å²) < 4.78 is 5.54. The predicted octanol–water partition coefficient (Wildman–Crippen LogP) is 4.95. The topological polar surface area (TPSA) is 44.8 Å². The number of aryl methyl sites for hydroxylation is 2. The quantitative estimate of drug-likeness (QED) is 0.561. The zero-order valence-corrected chi connectivity index (χ0v) is 19.8. The summed E-state index contributed by atoms with van der Waals surface area (Å²) in [5, 5.41) is 3.19. The number of nitrogens with zero attached hydrogens (tertiary/aromatic N) is 2. The fourth-order valence-electron chi connectivity index (χ4n) is 4.43. The lowest BCUT2D eigenvalue weighted by Gasteiger charge is -2.33. The second kappa shape index (κ2) is 10.6. The van der Waals surface area contributed by atoms with Crippen LogP contribution >= 0.6 is 0 Å². The van der Waals surface area contributed by atoms with Gasteiger partial charge in [0.1, 0.15) is 6.04 Å². The lowest BCUT2D eigenvalue weighted by atomic mass is 10.0. The molecule has 33 heavy (non-hydrogen) atoms. The standard InChI is InChI=1S/C28H33N3O2/c1-21-13-14-22(2)25(19-21)29-28(32)27(23-9-5-4-6-10-23)30(3)20-24-11-7-8-12-26(24)31-15-17-33-18-16-31/h4-14,19,27H,15-18,20H2,1-3H3,(H,29,32)/t27-/m0/s1. The largest absolute Gasteiger partial charge is 0.378 e. The maximum atomic E-state index is 13.6. The molecule has 0 unspecified atom stereocenters. The first kappa shape index (κ1) is 23.0. The first-order valence-corrected chi connectivity index (χ1v) is 11.6. The molecule has 1 saturated heterocycles. The summed E-state index contributed by atoms with van der Waals surface area (Å²) in [7, 11) is 2.02. The van der Waals surface area contributed by atoms with Crippen molar-refractivity contribution in [1.82, 2.24) is 4.90 Å². The van der Waals surface area contributed by atoms with Crippen molar-refractivity contribution in [2.45, 2.75) is 26.4 Å². The highest BCUT2D eigenvalue weighted by atomic mass is 16.5. The van der Waals surface area contributed by atoms with Gasteiger partial charge in [0.2, 0.25) is 5.91 Å². The first-order valence-electron chi connectivity index (χ1n) is 11.6. The normalized spacial score (nSPS) is 14.8. The van der Waals surface area contributed by atoms with Crippen molar-refractivity contribution in [2.24, 2.45) is 0 Å². The molecule has 5 heteroatoms. The Kier molecular flexibility index (Phi) is 7.43. The Morgan fingerprint density at radius 2 is 1.70 bits per heavy atom. The first-order chi connectivity index (χ1) is 16.0. The number of ether oxygens (including phenoxy) is 1. The number of hydrogen-bond donors (Lipinski definition) is 1. The van der Waals surface area contributed by atoms with E-state index in [0.29, 0.717) is 6.54 Å². The molecule has 1 aliphatic rings. The van der Waals surface area contributed by atoms with Gasteiger partial charge in [-0.05, 0) is 55.3 Å². The Morgan fingerprint density at radius 3 is 2.45 bits per heavy atom. The number of para-hydroxylation sites is 1. The van der Waals surface area contributed by atoms with Gasteiger partial charge in [0.15, 0.2) is 0 Å². The number of likely N-dealkylation sites (N-methyl/N-ethyl adjacent to an activating group) is 1. The van der Waals surface area contributed by atoms with Crippen LogP contribution < -0.4 is 10.2 Å². The molecule has 0 aromatic heterocycles. The SMILES string of the molecule is Cc1ccc(C)c(NC(=O)[C@H](c2ccccc2)N(C)Cc2ccccc2N2CCOCC2)c1. The monoisotopic (exact) mass is 443 g/mol. The molecule has 0 radical (unpaired) electrons. The van der Waals surface area contributed by atoms with Gasteiger partial charge in [0.05, 0.1) is 13.2 Å². The molecular weight excluding hydrogens is 410 g/mol. The van der Waals surface area contributed by atoms with E-state index in [1.54, 1.807) is 0 Å². The summed E-state index contributed by atoms with van der Waals surface area (Å²) in [4.78, 5) is 18.1. The van der Waals surface area contributed by atoms with Gasteiger partial charge in [-0.1, -0.05) is 60.7 Å². The molecule has 5 nitrogen and oxygen atoms in total. The number of hydrogen-bond acceptors (Lipinski definition) is 4. The third kappa shape index (κ3) is 5.62. The maximum Gasteiger partial charge on any atom is 0.246 e. The Labute approximate surface area is 197 Å². The molecular formula is C28H33N3O2. The van der Waals surface area contributed by atoms with Gasteiger partial charge in [-0.25, -0.2) is 0 Å². The van der Waals surface area contributed by atoms with Crippen LogP contribution in [0.15, 0.2) is 72.8 Å². The minimum Gasteiger partial charge on any atom is -0.378 e. The third-order valence-corrected chi connectivity index (χ3v) is 6.22. The number of nitrogens with one attached hydrogen (secondary N) is 1. The number of amides is 1. The second-order valence-corrected chi connectivity index (χ2v) is 8.76. The van der Waals surface area contributed by atoms with Gasteiger partial charge < -0.3 is 15.0 Å². The molecule has 172 valence electrons. The second-order valence-electron chi connectivity index (χ2n) is 8.76. The van der Waals surface area contributed by atoms with Crippen LogP contribution in [0.3, 0.4) is 0 Å². The average molecular weight is 444 g/mol. The lowest BCUT2D eigenvalue weighted by Crippen LogP contribution is -2.38. The highest BCUT2D eigenvalue weighted by molar-refractivity contribution is 5.96. The minimum atomic E-state index is -0.413. The number of carbonyl (C=O) groups is 1. The Hall–Kier alpha value is -3.15. The van der Waals surface area contributed by atoms with Crippen molar-refractivity contribution in [1.29, 1.82) is 0 Å². The van der Waals surface area contributed by atoms with E-state index in [4.69, 9.17) is 4.74 Å². The Balaban J connectivity index is 1.60. The number of morpholine rings is 1. The van der Waals surface area contributed by atoms with Crippen LogP contribution in [0.25, 0.3) is 0 Å². The van der Waals surface area contributed by atoms with E-state index in [1.165, 1.54) is 11.3 Å². The zero-order valence-electron chi connectivity index (χ0n) is 19.8. The summed E-state index contributed by atoms with van der Waals surface area (Å²) in [5.41, 5.74) is 6.45. The molecule has 1 N–H and O–H groups in total. The molecule has 0 saturated carbocycles. The van der Waals surface area contributed by atoms with E-state index in [1.807, 2.05) is 63.4 Å². The van der Waals surface area contributed by atoms with Crippen LogP contribution in [0.5, 0.6) is 0 Å². The highest BCUT2D eigenvalue weighted by Crippen LogP contribution is 2.28. The molecule has 4 rings (SSSR count). The van der Waals surface area contributed by atoms with Crippen molar-refractivity contribution >= 4 is 17.3 Å². The number of carbonyl (C=O) groups excluding carboxylic acids is 1. The van der Waals surface area contributed by atoms with Gasteiger partial charge in [-0.2, -0.15) is 0 Å². The summed E-state index contributed by atoms with van der Waals surface area (Å²) in [6.45, 7) is 7.98. The molecule has 1 fully saturated rings. The van der Waals surface area contributed by atoms with Crippen LogP contribution in [-0.2, 0) is 16.1 Å². The van der Waals surface area contributed by atoms with Crippen molar-refractivity contribution in [2.75, 3.05) is 43.6 Å². The fourth-order valence-corrected chi connectivity index (χ4v) is 4.43.